The number of nitrogens with one attached hydrogen (secondary N) is 1. The highest BCUT2D eigenvalue weighted by molar-refractivity contribution is 6.06. The van der Waals surface area contributed by atoms with Crippen molar-refractivity contribution in [3.05, 3.63) is 0 Å². The molecule has 7 nitrogen and oxygen atoms in total. The molecule has 0 aromatic carbocycles. The van der Waals surface area contributed by atoms with Crippen molar-refractivity contribution in [1.82, 2.24) is 10.3 Å². The Morgan fingerprint density at radius 1 is 1.50 bits per heavy atom. The van der Waals surface area contributed by atoms with Gasteiger partial charge >= 0.3 is 12.0 Å². The van der Waals surface area contributed by atoms with Crippen molar-refractivity contribution in [3.63, 3.8) is 0 Å². The van der Waals surface area contributed by atoms with Gasteiger partial charge in [-0.15, -0.1) is 0 Å². The molecule has 1 unspecified atom stereocenters. The quantitative estimate of drug-likeness (QED) is 0.316. The van der Waals surface area contributed by atoms with Crippen molar-refractivity contribution in [2.45, 2.75) is 39.2 Å². The van der Waals surface area contributed by atoms with Crippen LogP contribution in [0.15, 0.2) is 0 Å². The number of esters is 1. The number of ether oxygens (including phenoxy) is 1. The number of carbonyl (C=O) groups excluding carboxylic acids is 3. The number of nitrogens with zero attached hydrogens (tertiary/aromatic N) is 1. The normalized spacial score (nSPS) is 23.5. The molecule has 1 aliphatic heterocycles. The highest BCUT2D eigenvalue weighted by Gasteiger charge is 2.52. The molecule has 102 valence electrons. The lowest BCUT2D eigenvalue weighted by Crippen LogP contribution is -2.52. The third-order valence-corrected chi connectivity index (χ3v) is 3.16. The van der Waals surface area contributed by atoms with Gasteiger partial charge in [-0.1, -0.05) is 13.8 Å². The summed E-state index contributed by atoms with van der Waals surface area (Å²) in [7, 11) is 0. The zero-order valence-corrected chi connectivity index (χ0v) is 10.9. The van der Waals surface area contributed by atoms with Crippen LogP contribution in [0.1, 0.15) is 33.6 Å². The van der Waals surface area contributed by atoms with Gasteiger partial charge in [-0.05, 0) is 19.3 Å². The number of hydrazine groups is 1. The summed E-state index contributed by atoms with van der Waals surface area (Å²) in [5.74, 6) is 4.29. The van der Waals surface area contributed by atoms with Crippen molar-refractivity contribution < 1.29 is 19.1 Å². The summed E-state index contributed by atoms with van der Waals surface area (Å²) in [6.45, 7) is 5.59. The van der Waals surface area contributed by atoms with Gasteiger partial charge in [-0.25, -0.2) is 10.6 Å². The van der Waals surface area contributed by atoms with Crippen molar-refractivity contribution >= 4 is 17.9 Å². The number of hydrogen-bond acceptors (Lipinski definition) is 5. The molecule has 1 atom stereocenters. The Morgan fingerprint density at radius 3 is 2.50 bits per heavy atom. The molecule has 0 aromatic rings. The van der Waals surface area contributed by atoms with Gasteiger partial charge in [0, 0.05) is 6.42 Å². The molecule has 3 N–H and O–H groups in total. The molecule has 0 aliphatic carbocycles. The summed E-state index contributed by atoms with van der Waals surface area (Å²) in [5.41, 5.74) is -1.11. The van der Waals surface area contributed by atoms with Gasteiger partial charge < -0.3 is 10.1 Å². The van der Waals surface area contributed by atoms with Crippen molar-refractivity contribution in [2.24, 2.45) is 11.8 Å². The molecule has 3 amide bonds. The maximum absolute atomic E-state index is 12.0. The molecule has 1 aliphatic rings. The fourth-order valence-electron chi connectivity index (χ4n) is 1.99. The summed E-state index contributed by atoms with van der Waals surface area (Å²) in [6.07, 6.45) is 0.244. The van der Waals surface area contributed by atoms with E-state index in [0.717, 1.165) is 0 Å². The molecule has 0 saturated carbocycles. The number of urea groups is 1. The van der Waals surface area contributed by atoms with Crippen LogP contribution in [0, 0.1) is 5.92 Å². The molecular weight excluding hydrogens is 238 g/mol. The summed E-state index contributed by atoms with van der Waals surface area (Å²) in [5, 5.41) is 3.13. The van der Waals surface area contributed by atoms with E-state index in [1.807, 2.05) is 0 Å². The molecule has 0 radical (unpaired) electrons. The fraction of sp³-hybridized carbons (Fsp3) is 0.727. The Labute approximate surface area is 106 Å². The molecule has 18 heavy (non-hydrogen) atoms. The smallest absolute Gasteiger partial charge is 0.339 e. The fourth-order valence-corrected chi connectivity index (χ4v) is 1.99. The molecule has 1 heterocycles. The van der Waals surface area contributed by atoms with E-state index in [0.29, 0.717) is 5.01 Å². The summed E-state index contributed by atoms with van der Waals surface area (Å²) >= 11 is 0. The minimum Gasteiger partial charge on any atom is -0.466 e. The van der Waals surface area contributed by atoms with Gasteiger partial charge in [0.05, 0.1) is 6.61 Å². The second kappa shape index (κ2) is 5.34. The number of hydrogen-bond donors (Lipinski definition) is 2. The van der Waals surface area contributed by atoms with E-state index in [2.05, 4.69) is 5.32 Å². The van der Waals surface area contributed by atoms with Crippen LogP contribution in [0.4, 0.5) is 4.79 Å². The monoisotopic (exact) mass is 257 g/mol. The van der Waals surface area contributed by atoms with Crippen LogP contribution in [0.25, 0.3) is 0 Å². The number of amides is 3. The van der Waals surface area contributed by atoms with Crippen LogP contribution in [-0.2, 0) is 14.3 Å². The largest absolute Gasteiger partial charge is 0.466 e. The second-order valence-electron chi connectivity index (χ2n) is 4.54. The van der Waals surface area contributed by atoms with Crippen LogP contribution in [0.2, 0.25) is 0 Å². The zero-order chi connectivity index (χ0) is 13.9. The average Bonchev–Trinajstić information content (AvgIpc) is 2.52. The number of rotatable bonds is 5. The van der Waals surface area contributed by atoms with Crippen LogP contribution >= 0.6 is 0 Å². The molecule has 0 aromatic heterocycles. The Morgan fingerprint density at radius 2 is 2.11 bits per heavy atom. The maximum atomic E-state index is 12.0. The van der Waals surface area contributed by atoms with Crippen LogP contribution in [-0.4, -0.2) is 35.1 Å². The van der Waals surface area contributed by atoms with E-state index in [4.69, 9.17) is 10.6 Å². The molecular formula is C11H19N3O4. The maximum Gasteiger partial charge on any atom is 0.339 e. The molecule has 1 saturated heterocycles. The first-order valence-electron chi connectivity index (χ1n) is 5.92. The van der Waals surface area contributed by atoms with Crippen LogP contribution in [0.5, 0.6) is 0 Å². The van der Waals surface area contributed by atoms with E-state index in [1.54, 1.807) is 20.8 Å². The lowest BCUT2D eigenvalue weighted by atomic mass is 9.82. The minimum absolute atomic E-state index is 0.0614. The zero-order valence-electron chi connectivity index (χ0n) is 10.9. The summed E-state index contributed by atoms with van der Waals surface area (Å²) in [4.78, 5) is 34.8. The Balaban J connectivity index is 2.80. The highest BCUT2D eigenvalue weighted by atomic mass is 16.5. The number of nitrogens with two attached hydrogens (primary N) is 1. The third kappa shape index (κ3) is 2.45. The standard InChI is InChI=1S/C11H19N3O4/c1-4-18-8(15)5-6-11(7(2)3)9(16)14(12)10(17)13-11/h7H,4-6,12H2,1-3H3,(H,13,17). The van der Waals surface area contributed by atoms with Gasteiger partial charge in [0.15, 0.2) is 0 Å². The lowest BCUT2D eigenvalue weighted by Gasteiger charge is -2.29. The minimum atomic E-state index is -1.11. The Kier molecular flexibility index (Phi) is 4.28. The molecule has 1 fully saturated rings. The van der Waals surface area contributed by atoms with Crippen molar-refractivity contribution in [2.75, 3.05) is 6.61 Å². The van der Waals surface area contributed by atoms with Gasteiger partial charge in [-0.3, -0.25) is 9.59 Å². The topological polar surface area (TPSA) is 102 Å². The predicted molar refractivity (Wildman–Crippen MR) is 63.0 cm³/mol. The van der Waals surface area contributed by atoms with E-state index in [9.17, 15) is 14.4 Å². The van der Waals surface area contributed by atoms with Crippen molar-refractivity contribution in [1.29, 1.82) is 0 Å². The number of carbonyl (C=O) groups is 3. The van der Waals surface area contributed by atoms with Gasteiger partial charge in [0.2, 0.25) is 0 Å². The summed E-state index contributed by atoms with van der Waals surface area (Å²) in [6, 6.07) is -0.641. The van der Waals surface area contributed by atoms with E-state index >= 15 is 0 Å². The van der Waals surface area contributed by atoms with Gasteiger partial charge in [0.25, 0.3) is 5.91 Å². The van der Waals surface area contributed by atoms with E-state index in [1.165, 1.54) is 0 Å². The van der Waals surface area contributed by atoms with Gasteiger partial charge in [0.1, 0.15) is 5.54 Å². The third-order valence-electron chi connectivity index (χ3n) is 3.16. The highest BCUT2D eigenvalue weighted by Crippen LogP contribution is 2.29. The number of imide groups is 1. The molecule has 0 bridgehead atoms. The Hall–Kier alpha value is -1.63. The summed E-state index contributed by atoms with van der Waals surface area (Å²) < 4.78 is 4.81. The van der Waals surface area contributed by atoms with Crippen molar-refractivity contribution in [3.8, 4) is 0 Å². The Bertz CT molecular complexity index is 369. The molecule has 0 spiro atoms. The predicted octanol–water partition coefficient (Wildman–Crippen LogP) is 0.150. The van der Waals surface area contributed by atoms with Gasteiger partial charge in [-0.2, -0.15) is 5.01 Å². The van der Waals surface area contributed by atoms with Crippen LogP contribution < -0.4 is 11.2 Å². The molecule has 1 rings (SSSR count). The van der Waals surface area contributed by atoms with Crippen LogP contribution in [0.3, 0.4) is 0 Å². The average molecular weight is 257 g/mol. The lowest BCUT2D eigenvalue weighted by molar-refractivity contribution is -0.144. The second-order valence-corrected chi connectivity index (χ2v) is 4.54. The van der Waals surface area contributed by atoms with E-state index in [-0.39, 0.29) is 25.4 Å². The first-order valence-corrected chi connectivity index (χ1v) is 5.92. The first-order chi connectivity index (χ1) is 8.35. The SMILES string of the molecule is CCOC(=O)CCC1(C(C)C)NC(=O)N(N)C1=O. The first kappa shape index (κ1) is 14.4. The van der Waals surface area contributed by atoms with E-state index < -0.39 is 23.4 Å². The molecule has 7 heteroatoms.